The van der Waals surface area contributed by atoms with Crippen molar-refractivity contribution in [2.75, 3.05) is 13.7 Å². The van der Waals surface area contributed by atoms with Crippen LogP contribution < -0.4 is 15.1 Å². The van der Waals surface area contributed by atoms with Crippen LogP contribution in [0.3, 0.4) is 0 Å². The molecule has 0 aliphatic carbocycles. The number of aliphatic hydroxyl groups excluding tert-OH is 3. The van der Waals surface area contributed by atoms with Crippen LogP contribution in [0.15, 0.2) is 45.6 Å². The molecule has 3 heterocycles. The van der Waals surface area contributed by atoms with Crippen LogP contribution in [0.25, 0.3) is 11.0 Å². The number of phenols is 2. The highest BCUT2D eigenvalue weighted by molar-refractivity contribution is 5.90. The number of ether oxygens (including phenoxy) is 5. The molecule has 6 atom stereocenters. The lowest BCUT2D eigenvalue weighted by Crippen LogP contribution is -2.61. The van der Waals surface area contributed by atoms with Crippen LogP contribution in [-0.2, 0) is 20.6 Å². The van der Waals surface area contributed by atoms with E-state index in [4.69, 9.17) is 28.1 Å². The first kappa shape index (κ1) is 28.6. The molecule has 41 heavy (non-hydrogen) atoms. The maximum Gasteiger partial charge on any atom is 0.338 e. The van der Waals surface area contributed by atoms with Crippen LogP contribution in [0.1, 0.15) is 29.8 Å². The van der Waals surface area contributed by atoms with Gasteiger partial charge in [-0.1, -0.05) is 0 Å². The predicted octanol–water partition coefficient (Wildman–Crippen LogP) is 0.976. The van der Waals surface area contributed by atoms with Crippen molar-refractivity contribution in [2.24, 2.45) is 0 Å². The minimum atomic E-state index is -1.69. The standard InChI is InChI=1S/C28H30O13/c1-28(2,18-10-14-8-12-5-7-19(30)40-24(12)23(34)25(14)39-18)41-27-22(33)21(32)20(31)17(38-27)11-37-26(35)13-4-6-15(29)16(9-13)36-3/h4-9,17-18,20-22,27,29,31-34H,10-11H2,1-3H3/t17-,18+,20-,21+,22-,27+/m1/s1. The Kier molecular flexibility index (Phi) is 7.57. The highest BCUT2D eigenvalue weighted by atomic mass is 16.7. The van der Waals surface area contributed by atoms with Crippen LogP contribution >= 0.6 is 0 Å². The minimum Gasteiger partial charge on any atom is -0.504 e. The molecule has 13 heteroatoms. The van der Waals surface area contributed by atoms with Crippen LogP contribution in [0.4, 0.5) is 0 Å². The molecule has 3 aromatic rings. The molecule has 220 valence electrons. The summed E-state index contributed by atoms with van der Waals surface area (Å²) in [5.74, 6) is -1.11. The number of benzene rings is 2. The van der Waals surface area contributed by atoms with E-state index in [2.05, 4.69) is 0 Å². The van der Waals surface area contributed by atoms with E-state index in [1.807, 2.05) is 0 Å². The molecule has 0 radical (unpaired) electrons. The summed E-state index contributed by atoms with van der Waals surface area (Å²) < 4.78 is 33.1. The molecule has 0 unspecified atom stereocenters. The number of aliphatic hydroxyl groups is 3. The molecular weight excluding hydrogens is 544 g/mol. The number of methoxy groups -OCH3 is 1. The maximum atomic E-state index is 12.5. The topological polar surface area (TPSA) is 195 Å². The number of hydrogen-bond acceptors (Lipinski definition) is 13. The van der Waals surface area contributed by atoms with Gasteiger partial charge in [0.05, 0.1) is 12.7 Å². The number of aromatic hydroxyl groups is 2. The van der Waals surface area contributed by atoms with Crippen molar-refractivity contribution in [3.8, 4) is 23.0 Å². The van der Waals surface area contributed by atoms with Gasteiger partial charge in [0.1, 0.15) is 42.7 Å². The number of fused-ring (bicyclic) bond motifs is 2. The molecule has 1 aromatic heterocycles. The number of hydrogen-bond donors (Lipinski definition) is 5. The van der Waals surface area contributed by atoms with Gasteiger partial charge in [-0.15, -0.1) is 0 Å². The average molecular weight is 575 g/mol. The fraction of sp³-hybridized carbons (Fsp3) is 0.429. The highest BCUT2D eigenvalue weighted by Crippen LogP contribution is 2.45. The zero-order valence-electron chi connectivity index (χ0n) is 22.3. The quantitative estimate of drug-likeness (QED) is 0.198. The van der Waals surface area contributed by atoms with Gasteiger partial charge in [-0.05, 0) is 44.2 Å². The molecule has 0 saturated carbocycles. The summed E-state index contributed by atoms with van der Waals surface area (Å²) in [7, 11) is 1.32. The first-order valence-corrected chi connectivity index (χ1v) is 12.8. The Morgan fingerprint density at radius 3 is 2.54 bits per heavy atom. The number of rotatable bonds is 7. The molecule has 2 aromatic carbocycles. The zero-order valence-corrected chi connectivity index (χ0v) is 22.3. The molecule has 5 N–H and O–H groups in total. The number of carbonyl (C=O) groups excluding carboxylic acids is 1. The summed E-state index contributed by atoms with van der Waals surface area (Å²) in [4.78, 5) is 24.2. The van der Waals surface area contributed by atoms with Gasteiger partial charge in [-0.2, -0.15) is 0 Å². The molecule has 13 nitrogen and oxygen atoms in total. The minimum absolute atomic E-state index is 0.0121. The van der Waals surface area contributed by atoms with E-state index in [0.29, 0.717) is 10.9 Å². The van der Waals surface area contributed by atoms with E-state index in [0.717, 1.165) is 0 Å². The zero-order chi connectivity index (χ0) is 29.6. The van der Waals surface area contributed by atoms with E-state index < -0.39 is 60.6 Å². The molecule has 0 spiro atoms. The molecule has 1 saturated heterocycles. The van der Waals surface area contributed by atoms with Crippen molar-refractivity contribution in [3.05, 3.63) is 57.9 Å². The van der Waals surface area contributed by atoms with E-state index in [9.17, 15) is 35.1 Å². The molecule has 5 rings (SSSR count). The van der Waals surface area contributed by atoms with Crippen molar-refractivity contribution >= 4 is 16.9 Å². The van der Waals surface area contributed by atoms with Crippen molar-refractivity contribution in [2.45, 2.75) is 62.7 Å². The van der Waals surface area contributed by atoms with E-state index in [1.165, 1.54) is 37.4 Å². The van der Waals surface area contributed by atoms with Crippen LogP contribution in [0.2, 0.25) is 0 Å². The first-order valence-electron chi connectivity index (χ1n) is 12.8. The largest absolute Gasteiger partial charge is 0.504 e. The monoisotopic (exact) mass is 574 g/mol. The van der Waals surface area contributed by atoms with E-state index >= 15 is 0 Å². The fourth-order valence-corrected chi connectivity index (χ4v) is 4.86. The Morgan fingerprint density at radius 2 is 1.80 bits per heavy atom. The van der Waals surface area contributed by atoms with Crippen LogP contribution in [0, 0.1) is 0 Å². The second kappa shape index (κ2) is 10.8. The smallest absolute Gasteiger partial charge is 0.338 e. The Balaban J connectivity index is 1.28. The summed E-state index contributed by atoms with van der Waals surface area (Å²) in [6.07, 6.45) is -8.10. The summed E-state index contributed by atoms with van der Waals surface area (Å²) in [5.41, 5.74) is -1.12. The van der Waals surface area contributed by atoms with Gasteiger partial charge in [0.15, 0.2) is 29.1 Å². The Labute approximate surface area is 233 Å². The van der Waals surface area contributed by atoms with Gasteiger partial charge in [-0.25, -0.2) is 9.59 Å². The molecule has 0 amide bonds. The van der Waals surface area contributed by atoms with Gasteiger partial charge in [0.2, 0.25) is 5.75 Å². The molecule has 2 aliphatic rings. The van der Waals surface area contributed by atoms with Gasteiger partial charge < -0.3 is 53.6 Å². The van der Waals surface area contributed by atoms with Crippen LogP contribution in [-0.4, -0.2) is 87.6 Å². The normalized spacial score (nSPS) is 25.9. The summed E-state index contributed by atoms with van der Waals surface area (Å²) in [5, 5.41) is 52.5. The lowest BCUT2D eigenvalue weighted by molar-refractivity contribution is -0.329. The molecular formula is C28H30O13. The lowest BCUT2D eigenvalue weighted by atomic mass is 9.95. The molecule has 2 aliphatic heterocycles. The Bertz CT molecular complexity index is 1510. The third-order valence-electron chi connectivity index (χ3n) is 7.24. The summed E-state index contributed by atoms with van der Waals surface area (Å²) in [6, 6.07) is 8.35. The van der Waals surface area contributed by atoms with Crippen molar-refractivity contribution in [1.82, 2.24) is 0 Å². The van der Waals surface area contributed by atoms with Gasteiger partial charge in [0, 0.05) is 23.4 Å². The van der Waals surface area contributed by atoms with Crippen molar-refractivity contribution in [3.63, 3.8) is 0 Å². The SMILES string of the molecule is COc1cc(C(=O)OC[C@H]2O[C@@H](OC(C)(C)[C@@H]3Cc4cc5ccc(=O)oc5c(O)c4O3)[C@H](O)[C@@H](O)[C@@H]2O)ccc1O. The molecule has 0 bridgehead atoms. The van der Waals surface area contributed by atoms with Gasteiger partial charge in [0.25, 0.3) is 0 Å². The third kappa shape index (κ3) is 5.42. The Morgan fingerprint density at radius 1 is 1.05 bits per heavy atom. The third-order valence-corrected chi connectivity index (χ3v) is 7.24. The van der Waals surface area contributed by atoms with Gasteiger partial charge >= 0.3 is 11.6 Å². The maximum absolute atomic E-state index is 12.5. The van der Waals surface area contributed by atoms with Crippen molar-refractivity contribution < 1.29 is 58.4 Å². The van der Waals surface area contributed by atoms with Gasteiger partial charge in [-0.3, -0.25) is 0 Å². The fourth-order valence-electron chi connectivity index (χ4n) is 4.86. The van der Waals surface area contributed by atoms with Crippen molar-refractivity contribution in [1.29, 1.82) is 0 Å². The number of esters is 1. The summed E-state index contributed by atoms with van der Waals surface area (Å²) in [6.45, 7) is 2.81. The highest BCUT2D eigenvalue weighted by Gasteiger charge is 2.49. The van der Waals surface area contributed by atoms with E-state index in [1.54, 1.807) is 19.9 Å². The predicted molar refractivity (Wildman–Crippen MR) is 139 cm³/mol. The number of carbonyl (C=O) groups is 1. The second-order valence-corrected chi connectivity index (χ2v) is 10.4. The first-order chi connectivity index (χ1) is 19.4. The lowest BCUT2D eigenvalue weighted by Gasteiger charge is -2.43. The number of phenolic OH excluding ortho intramolecular Hbond substituents is 2. The summed E-state index contributed by atoms with van der Waals surface area (Å²) >= 11 is 0. The molecule has 1 fully saturated rings. The average Bonchev–Trinajstić information content (AvgIpc) is 3.39. The Hall–Kier alpha value is -3.88. The second-order valence-electron chi connectivity index (χ2n) is 10.4. The van der Waals surface area contributed by atoms with Crippen LogP contribution in [0.5, 0.6) is 23.0 Å². The van der Waals surface area contributed by atoms with E-state index in [-0.39, 0.29) is 40.6 Å².